The number of anilines is 1. The van der Waals surface area contributed by atoms with Crippen molar-refractivity contribution in [2.24, 2.45) is 5.41 Å². The summed E-state index contributed by atoms with van der Waals surface area (Å²) in [5, 5.41) is 10.6. The van der Waals surface area contributed by atoms with Crippen LogP contribution in [0.25, 0.3) is 0 Å². The summed E-state index contributed by atoms with van der Waals surface area (Å²) in [5.41, 5.74) is -0.0423. The maximum Gasteiger partial charge on any atom is 0.257 e. The Bertz CT molecular complexity index is 968. The topological polar surface area (TPSA) is 100 Å². The van der Waals surface area contributed by atoms with Crippen LogP contribution in [0.2, 0.25) is 0 Å². The third-order valence-corrected chi connectivity index (χ3v) is 5.34. The second-order valence-electron chi connectivity index (χ2n) is 9.32. The quantitative estimate of drug-likeness (QED) is 0.703. The van der Waals surface area contributed by atoms with E-state index in [0.717, 1.165) is 0 Å². The molecule has 1 aliphatic rings. The number of amides is 1. The van der Waals surface area contributed by atoms with Crippen molar-refractivity contribution in [1.29, 1.82) is 0 Å². The van der Waals surface area contributed by atoms with Crippen molar-refractivity contribution in [3.8, 4) is 5.88 Å². The highest BCUT2D eigenvalue weighted by molar-refractivity contribution is 5.93. The van der Waals surface area contributed by atoms with Crippen LogP contribution in [0.1, 0.15) is 45.6 Å². The van der Waals surface area contributed by atoms with Crippen LogP contribution < -0.4 is 15.6 Å². The Balaban J connectivity index is 1.62. The number of aromatic nitrogens is 3. The number of carbonyl (C=O) groups is 1. The van der Waals surface area contributed by atoms with Gasteiger partial charge in [0.1, 0.15) is 0 Å². The van der Waals surface area contributed by atoms with E-state index >= 15 is 0 Å². The minimum atomic E-state index is -2.93. The van der Waals surface area contributed by atoms with E-state index in [2.05, 4.69) is 20.5 Å². The Morgan fingerprint density at radius 1 is 1.31 bits per heavy atom. The van der Waals surface area contributed by atoms with Crippen LogP contribution in [0, 0.1) is 5.41 Å². The summed E-state index contributed by atoms with van der Waals surface area (Å²) in [6.45, 7) is 8.31. The molecule has 0 spiro atoms. The number of piperidine rings is 1. The van der Waals surface area contributed by atoms with E-state index in [-0.39, 0.29) is 42.2 Å². The Hall–Kier alpha value is -2.88. The fraction of sp³-hybridized carbons (Fsp3) is 0.545. The molecule has 1 saturated heterocycles. The van der Waals surface area contributed by atoms with E-state index in [1.54, 1.807) is 24.0 Å². The van der Waals surface area contributed by atoms with Crippen LogP contribution >= 0.6 is 0 Å². The molecule has 2 aromatic heterocycles. The number of pyridine rings is 1. The average molecular weight is 450 g/mol. The summed E-state index contributed by atoms with van der Waals surface area (Å²) >= 11 is 0. The number of alkyl halides is 2. The molecule has 10 heteroatoms. The van der Waals surface area contributed by atoms with Crippen LogP contribution in [0.3, 0.4) is 0 Å². The van der Waals surface area contributed by atoms with Gasteiger partial charge in [0.2, 0.25) is 17.3 Å². The number of nitrogens with one attached hydrogen (secondary N) is 2. The first-order valence-electron chi connectivity index (χ1n) is 10.5. The number of aromatic amines is 1. The number of hydrogen-bond donors (Lipinski definition) is 2. The van der Waals surface area contributed by atoms with E-state index < -0.39 is 17.9 Å². The first-order chi connectivity index (χ1) is 14.9. The first kappa shape index (κ1) is 23.8. The molecule has 2 unspecified atom stereocenters. The van der Waals surface area contributed by atoms with Gasteiger partial charge in [-0.25, -0.2) is 8.78 Å². The number of halogens is 2. The van der Waals surface area contributed by atoms with Crippen LogP contribution in [-0.2, 0) is 4.79 Å². The molecule has 32 heavy (non-hydrogen) atoms. The number of likely N-dealkylation sites (tertiary alicyclic amines) is 1. The van der Waals surface area contributed by atoms with Crippen molar-refractivity contribution in [2.45, 2.75) is 52.0 Å². The van der Waals surface area contributed by atoms with Crippen molar-refractivity contribution in [2.75, 3.05) is 25.0 Å². The molecule has 174 valence electrons. The molecule has 1 aliphatic heterocycles. The number of ether oxygens (including phenoxy) is 1. The molecule has 3 heterocycles. The number of rotatable bonds is 6. The van der Waals surface area contributed by atoms with Crippen molar-refractivity contribution < 1.29 is 18.3 Å². The van der Waals surface area contributed by atoms with Gasteiger partial charge < -0.3 is 15.0 Å². The largest absolute Gasteiger partial charge is 0.476 e. The normalized spacial score (nSPS) is 19.9. The molecule has 1 amide bonds. The average Bonchev–Trinajstić information content (AvgIpc) is 2.73. The second-order valence-corrected chi connectivity index (χ2v) is 9.32. The van der Waals surface area contributed by atoms with E-state index in [0.29, 0.717) is 18.1 Å². The fourth-order valence-corrected chi connectivity index (χ4v) is 3.42. The summed E-state index contributed by atoms with van der Waals surface area (Å²) in [6, 6.07) is 5.18. The zero-order valence-corrected chi connectivity index (χ0v) is 18.7. The van der Waals surface area contributed by atoms with Gasteiger partial charge in [0.15, 0.2) is 5.82 Å². The lowest BCUT2D eigenvalue weighted by molar-refractivity contribution is -0.125. The van der Waals surface area contributed by atoms with Crippen molar-refractivity contribution in [3.63, 3.8) is 0 Å². The SMILES string of the molecule is CC(C(=O)Nc1ccc(OCC(C)(C)C)nn1)N1CCC(F)(F)C(c2ccc(=O)[nH]c2)C1. The molecule has 0 aromatic carbocycles. The van der Waals surface area contributed by atoms with Gasteiger partial charge in [0, 0.05) is 37.8 Å². The molecule has 2 atom stereocenters. The summed E-state index contributed by atoms with van der Waals surface area (Å²) in [5.74, 6) is -3.81. The molecular formula is C22H29F2N5O3. The molecule has 0 saturated carbocycles. The van der Waals surface area contributed by atoms with Crippen LogP contribution in [0.15, 0.2) is 35.3 Å². The highest BCUT2D eigenvalue weighted by atomic mass is 19.3. The number of nitrogens with zero attached hydrogens (tertiary/aromatic N) is 3. The summed E-state index contributed by atoms with van der Waals surface area (Å²) in [4.78, 5) is 28.1. The van der Waals surface area contributed by atoms with Gasteiger partial charge in [-0.1, -0.05) is 26.8 Å². The number of carbonyl (C=O) groups excluding carboxylic acids is 1. The third-order valence-electron chi connectivity index (χ3n) is 5.34. The minimum absolute atomic E-state index is 0.0150. The number of hydrogen-bond acceptors (Lipinski definition) is 6. The monoisotopic (exact) mass is 449 g/mol. The van der Waals surface area contributed by atoms with Gasteiger partial charge >= 0.3 is 0 Å². The molecule has 8 nitrogen and oxygen atoms in total. The van der Waals surface area contributed by atoms with E-state index in [9.17, 15) is 18.4 Å². The van der Waals surface area contributed by atoms with Crippen LogP contribution in [0.5, 0.6) is 5.88 Å². The smallest absolute Gasteiger partial charge is 0.257 e. The Labute approximate surface area is 185 Å². The van der Waals surface area contributed by atoms with Crippen molar-refractivity contribution in [3.05, 3.63) is 46.4 Å². The lowest BCUT2D eigenvalue weighted by atomic mass is 9.87. The summed E-state index contributed by atoms with van der Waals surface area (Å²) in [6.07, 6.45) is 0.933. The third kappa shape index (κ3) is 6.09. The Morgan fingerprint density at radius 2 is 2.06 bits per heavy atom. The zero-order valence-electron chi connectivity index (χ0n) is 18.7. The van der Waals surface area contributed by atoms with Crippen LogP contribution in [0.4, 0.5) is 14.6 Å². The number of H-pyrrole nitrogens is 1. The predicted octanol–water partition coefficient (Wildman–Crippen LogP) is 3.04. The van der Waals surface area contributed by atoms with Crippen molar-refractivity contribution in [1.82, 2.24) is 20.1 Å². The van der Waals surface area contributed by atoms with Gasteiger partial charge in [-0.15, -0.1) is 10.2 Å². The fourth-order valence-electron chi connectivity index (χ4n) is 3.42. The molecule has 0 radical (unpaired) electrons. The van der Waals surface area contributed by atoms with E-state index in [1.165, 1.54) is 18.3 Å². The van der Waals surface area contributed by atoms with Gasteiger partial charge in [-0.2, -0.15) is 0 Å². The maximum atomic E-state index is 14.6. The second kappa shape index (κ2) is 9.32. The highest BCUT2D eigenvalue weighted by Crippen LogP contribution is 2.40. The standard InChI is InChI=1S/C22H29F2N5O3/c1-14(20(31)26-17-6-8-19(28-27-17)32-13-21(2,3)4)29-10-9-22(23,24)16(12-29)15-5-7-18(30)25-11-15/h5-8,11,14,16H,9-10,12-13H2,1-4H3,(H,25,30)(H,26,27,31). The lowest BCUT2D eigenvalue weighted by Gasteiger charge is -2.40. The van der Waals surface area contributed by atoms with Gasteiger partial charge in [0.25, 0.3) is 5.92 Å². The summed E-state index contributed by atoms with van der Waals surface area (Å²) in [7, 11) is 0. The van der Waals surface area contributed by atoms with E-state index in [1.807, 2.05) is 20.8 Å². The van der Waals surface area contributed by atoms with Crippen LogP contribution in [-0.4, -0.2) is 57.6 Å². The minimum Gasteiger partial charge on any atom is -0.476 e. The molecule has 0 bridgehead atoms. The maximum absolute atomic E-state index is 14.6. The first-order valence-corrected chi connectivity index (χ1v) is 10.5. The predicted molar refractivity (Wildman–Crippen MR) is 116 cm³/mol. The molecule has 3 rings (SSSR count). The zero-order chi connectivity index (χ0) is 23.5. The molecular weight excluding hydrogens is 420 g/mol. The Morgan fingerprint density at radius 3 is 2.66 bits per heavy atom. The Kier molecular flexibility index (Phi) is 6.92. The lowest BCUT2D eigenvalue weighted by Crippen LogP contribution is -2.52. The molecule has 0 aliphatic carbocycles. The van der Waals surface area contributed by atoms with Gasteiger partial charge in [-0.05, 0) is 24.0 Å². The highest BCUT2D eigenvalue weighted by Gasteiger charge is 2.46. The molecule has 2 N–H and O–H groups in total. The van der Waals surface area contributed by atoms with Crippen molar-refractivity contribution >= 4 is 11.7 Å². The summed E-state index contributed by atoms with van der Waals surface area (Å²) < 4.78 is 34.7. The van der Waals surface area contributed by atoms with E-state index in [4.69, 9.17) is 4.74 Å². The van der Waals surface area contributed by atoms with Gasteiger partial charge in [-0.3, -0.25) is 14.5 Å². The molecule has 1 fully saturated rings. The molecule has 2 aromatic rings. The van der Waals surface area contributed by atoms with Gasteiger partial charge in [0.05, 0.1) is 18.6 Å².